The molecule has 4 heteroatoms. The van der Waals surface area contributed by atoms with Crippen LogP contribution in [0.3, 0.4) is 0 Å². The molecule has 2 aromatic heterocycles. The number of fused-ring (bicyclic) bond motifs is 9. The summed E-state index contributed by atoms with van der Waals surface area (Å²) in [6.45, 7) is 0. The fourth-order valence-corrected chi connectivity index (χ4v) is 7.50. The second-order valence-electron chi connectivity index (χ2n) is 9.51. The molecular weight excluding hydrogens is 588 g/mol. The maximum absolute atomic E-state index is 6.67. The molecule has 2 nitrogen and oxygen atoms in total. The Balaban J connectivity index is 1.68. The van der Waals surface area contributed by atoms with Crippen LogP contribution in [0.1, 0.15) is 22.3 Å². The van der Waals surface area contributed by atoms with Gasteiger partial charge in [-0.05, 0) is 46.5 Å². The van der Waals surface area contributed by atoms with Gasteiger partial charge in [0.25, 0.3) is 0 Å². The van der Waals surface area contributed by atoms with Crippen LogP contribution in [0.25, 0.3) is 44.0 Å². The molecule has 0 aliphatic heterocycles. The fraction of sp³-hybridized carbons (Fsp3) is 0.0303. The number of furan rings is 2. The molecule has 0 saturated heterocycles. The smallest absolute Gasteiger partial charge is 0.144 e. The van der Waals surface area contributed by atoms with E-state index in [9.17, 15) is 0 Å². The van der Waals surface area contributed by atoms with Crippen LogP contribution in [-0.4, -0.2) is 0 Å². The lowest BCUT2D eigenvalue weighted by molar-refractivity contribution is 0.616. The summed E-state index contributed by atoms with van der Waals surface area (Å²) in [4.78, 5) is 0. The lowest BCUT2D eigenvalue weighted by Crippen LogP contribution is -2.28. The quantitative estimate of drug-likeness (QED) is 0.196. The normalized spacial score (nSPS) is 13.9. The monoisotopic (exact) mass is 604 g/mol. The summed E-state index contributed by atoms with van der Waals surface area (Å²) in [5, 5.41) is 3.23. The lowest BCUT2D eigenvalue weighted by atomic mass is 9.67. The van der Waals surface area contributed by atoms with Gasteiger partial charge in [0.2, 0.25) is 0 Å². The Morgan fingerprint density at radius 2 is 1.16 bits per heavy atom. The predicted molar refractivity (Wildman–Crippen MR) is 156 cm³/mol. The molecule has 0 spiro atoms. The number of halogens is 2. The van der Waals surface area contributed by atoms with Crippen LogP contribution < -0.4 is 0 Å². The van der Waals surface area contributed by atoms with Gasteiger partial charge in [-0.2, -0.15) is 0 Å². The molecule has 0 radical (unpaired) electrons. The molecule has 1 aliphatic carbocycles. The number of rotatable bonds is 2. The Bertz CT molecular complexity index is 1960. The predicted octanol–water partition coefficient (Wildman–Crippen LogP) is 10.2. The van der Waals surface area contributed by atoms with E-state index in [0.717, 1.165) is 53.0 Å². The number of hydrogen-bond donors (Lipinski definition) is 0. The van der Waals surface area contributed by atoms with E-state index in [-0.39, 0.29) is 0 Å². The van der Waals surface area contributed by atoms with Crippen molar-refractivity contribution in [1.29, 1.82) is 0 Å². The zero-order chi connectivity index (χ0) is 24.7. The van der Waals surface area contributed by atoms with E-state index in [1.54, 1.807) is 6.26 Å². The minimum Gasteiger partial charge on any atom is -0.464 e. The van der Waals surface area contributed by atoms with Crippen LogP contribution in [0.15, 0.2) is 127 Å². The molecule has 37 heavy (non-hydrogen) atoms. The highest BCUT2D eigenvalue weighted by Gasteiger charge is 2.49. The number of benzene rings is 5. The van der Waals surface area contributed by atoms with Crippen molar-refractivity contribution in [2.45, 2.75) is 5.41 Å². The van der Waals surface area contributed by atoms with Crippen LogP contribution in [-0.2, 0) is 5.41 Å². The van der Waals surface area contributed by atoms with Crippen molar-refractivity contribution in [3.05, 3.63) is 141 Å². The number of hydrogen-bond acceptors (Lipinski definition) is 2. The van der Waals surface area contributed by atoms with Crippen LogP contribution in [0.2, 0.25) is 0 Å². The van der Waals surface area contributed by atoms with Gasteiger partial charge in [-0.15, -0.1) is 0 Å². The fourth-order valence-electron chi connectivity index (χ4n) is 6.34. The van der Waals surface area contributed by atoms with E-state index < -0.39 is 5.41 Å². The Hall–Kier alpha value is -3.60. The molecule has 0 N–H and O–H groups in total. The third-order valence-corrected chi connectivity index (χ3v) is 9.04. The molecule has 0 unspecified atom stereocenters. The van der Waals surface area contributed by atoms with Gasteiger partial charge in [-0.25, -0.2) is 0 Å². The van der Waals surface area contributed by atoms with E-state index >= 15 is 0 Å². The first-order valence-electron chi connectivity index (χ1n) is 12.2. The summed E-state index contributed by atoms with van der Waals surface area (Å²) in [5.41, 5.74) is 8.96. The van der Waals surface area contributed by atoms with Gasteiger partial charge in [-0.3, -0.25) is 0 Å². The average molecular weight is 606 g/mol. The van der Waals surface area contributed by atoms with Crippen LogP contribution in [0, 0.1) is 0 Å². The van der Waals surface area contributed by atoms with E-state index in [1.807, 2.05) is 18.2 Å². The van der Waals surface area contributed by atoms with Crippen molar-refractivity contribution in [3.63, 3.8) is 0 Å². The summed E-state index contributed by atoms with van der Waals surface area (Å²) >= 11 is 7.83. The largest absolute Gasteiger partial charge is 0.464 e. The Morgan fingerprint density at radius 1 is 0.568 bits per heavy atom. The summed E-state index contributed by atoms with van der Waals surface area (Å²) in [6.07, 6.45) is 1.77. The SMILES string of the molecule is Brc1cc2c(c3occc13)-c1c(cc(Br)c3c1oc1ccccc13)C2(c1ccccc1)c1ccccc1. The minimum atomic E-state index is -0.563. The van der Waals surface area contributed by atoms with Gasteiger partial charge in [0, 0.05) is 36.2 Å². The molecule has 2 heterocycles. The van der Waals surface area contributed by atoms with Crippen molar-refractivity contribution in [2.75, 3.05) is 0 Å². The zero-order valence-corrected chi connectivity index (χ0v) is 22.6. The van der Waals surface area contributed by atoms with Gasteiger partial charge in [-0.1, -0.05) is 111 Å². The van der Waals surface area contributed by atoms with Gasteiger partial charge in [0.15, 0.2) is 0 Å². The summed E-state index contributed by atoms with van der Waals surface area (Å²) < 4.78 is 14.9. The first kappa shape index (κ1) is 21.5. The summed E-state index contributed by atoms with van der Waals surface area (Å²) in [5.74, 6) is 0. The molecule has 5 aromatic carbocycles. The van der Waals surface area contributed by atoms with Crippen LogP contribution in [0.4, 0.5) is 0 Å². The van der Waals surface area contributed by atoms with Crippen LogP contribution in [0.5, 0.6) is 0 Å². The van der Waals surface area contributed by atoms with E-state index in [0.29, 0.717) is 0 Å². The standard InChI is InChI=1S/C33H18Br2O2/c34-25-17-23-29(31-21(25)15-16-36-31)30-24(18-26(35)28-22-13-7-8-14-27(22)37-32(28)30)33(23,19-9-3-1-4-10-19)20-11-5-2-6-12-20/h1-18H. The maximum atomic E-state index is 6.67. The molecule has 0 fully saturated rings. The first-order chi connectivity index (χ1) is 18.2. The van der Waals surface area contributed by atoms with Gasteiger partial charge in [0.05, 0.1) is 11.7 Å². The molecule has 0 bridgehead atoms. The maximum Gasteiger partial charge on any atom is 0.144 e. The van der Waals surface area contributed by atoms with Crippen molar-refractivity contribution >= 4 is 64.8 Å². The highest BCUT2D eigenvalue weighted by Crippen LogP contribution is 2.61. The minimum absolute atomic E-state index is 0.563. The second-order valence-corrected chi connectivity index (χ2v) is 11.2. The first-order valence-corrected chi connectivity index (χ1v) is 13.7. The third-order valence-electron chi connectivity index (χ3n) is 7.76. The molecule has 1 aliphatic rings. The molecule has 0 saturated carbocycles. The van der Waals surface area contributed by atoms with Crippen molar-refractivity contribution < 1.29 is 8.83 Å². The van der Waals surface area contributed by atoms with Crippen molar-refractivity contribution in [1.82, 2.24) is 0 Å². The lowest BCUT2D eigenvalue weighted by Gasteiger charge is -2.34. The summed E-state index contributed by atoms with van der Waals surface area (Å²) in [6, 6.07) is 36.4. The molecule has 0 atom stereocenters. The van der Waals surface area contributed by atoms with E-state index in [2.05, 4.69) is 117 Å². The van der Waals surface area contributed by atoms with Gasteiger partial charge >= 0.3 is 0 Å². The van der Waals surface area contributed by atoms with Crippen molar-refractivity contribution in [2.24, 2.45) is 0 Å². The van der Waals surface area contributed by atoms with Crippen LogP contribution >= 0.6 is 31.9 Å². The van der Waals surface area contributed by atoms with Gasteiger partial charge in [0.1, 0.15) is 16.7 Å². The van der Waals surface area contributed by atoms with Gasteiger partial charge < -0.3 is 8.83 Å². The van der Waals surface area contributed by atoms with Crippen molar-refractivity contribution in [3.8, 4) is 11.1 Å². The van der Waals surface area contributed by atoms with E-state index in [4.69, 9.17) is 8.83 Å². The van der Waals surface area contributed by atoms with E-state index in [1.165, 1.54) is 22.3 Å². The third kappa shape index (κ3) is 2.70. The Kier molecular flexibility index (Phi) is 4.47. The zero-order valence-electron chi connectivity index (χ0n) is 19.5. The molecule has 7 aromatic rings. The number of para-hydroxylation sites is 1. The average Bonchev–Trinajstić information content (AvgIpc) is 3.63. The second kappa shape index (κ2) is 7.70. The summed E-state index contributed by atoms with van der Waals surface area (Å²) in [7, 11) is 0. The molecule has 176 valence electrons. The topological polar surface area (TPSA) is 26.3 Å². The molecule has 0 amide bonds. The highest BCUT2D eigenvalue weighted by atomic mass is 79.9. The molecule has 8 rings (SSSR count). The Labute approximate surface area is 229 Å². The highest BCUT2D eigenvalue weighted by molar-refractivity contribution is 9.11. The Morgan fingerprint density at radius 3 is 1.86 bits per heavy atom. The molecular formula is C33H18Br2O2.